The second-order valence-corrected chi connectivity index (χ2v) is 6.79. The number of nitrogens with zero attached hydrogens (tertiary/aromatic N) is 2. The molecule has 2 unspecified atom stereocenters. The number of likely N-dealkylation sites (N-methyl/N-ethyl adjacent to an activating group) is 1. The van der Waals surface area contributed by atoms with Crippen LogP contribution in [0.5, 0.6) is 5.75 Å². The lowest BCUT2D eigenvalue weighted by Gasteiger charge is -2.34. The van der Waals surface area contributed by atoms with Gasteiger partial charge in [-0.1, -0.05) is 30.4 Å². The highest BCUT2D eigenvalue weighted by molar-refractivity contribution is 5.40. The summed E-state index contributed by atoms with van der Waals surface area (Å²) < 4.78 is 5.99. The van der Waals surface area contributed by atoms with Crippen LogP contribution in [-0.4, -0.2) is 42.9 Å². The summed E-state index contributed by atoms with van der Waals surface area (Å²) in [5, 5.41) is 20.2. The molecule has 0 heterocycles. The molecule has 24 heavy (non-hydrogen) atoms. The number of aryl methyl sites for hydroxylation is 2. The molecule has 2 atom stereocenters. The smallest absolute Gasteiger partial charge is 0.125 e. The van der Waals surface area contributed by atoms with Crippen LogP contribution < -0.4 is 4.74 Å². The molecule has 0 aliphatic heterocycles. The number of para-hydroxylation sites is 1. The zero-order valence-corrected chi connectivity index (χ0v) is 14.9. The minimum atomic E-state index is -1.18. The van der Waals surface area contributed by atoms with E-state index in [2.05, 4.69) is 6.07 Å². The standard InChI is InChI=1S/C20H26N2O2/c1-15-6-5-7-16(2)19(15)24-14-20(23)12-17(13-22(3)4)8-9-18(20)10-11-21/h5-9,12,18,23H,10,13-14H2,1-4H3. The number of aliphatic hydroxyl groups is 1. The molecule has 4 nitrogen and oxygen atoms in total. The number of ether oxygens (including phenoxy) is 1. The molecule has 0 spiro atoms. The highest BCUT2D eigenvalue weighted by atomic mass is 16.5. The molecule has 0 amide bonds. The van der Waals surface area contributed by atoms with E-state index in [0.717, 1.165) is 29.0 Å². The van der Waals surface area contributed by atoms with E-state index >= 15 is 0 Å². The molecule has 0 saturated carbocycles. The first-order chi connectivity index (χ1) is 11.4. The maximum atomic E-state index is 11.2. The van der Waals surface area contributed by atoms with Crippen molar-refractivity contribution in [3.8, 4) is 11.8 Å². The van der Waals surface area contributed by atoms with Crippen molar-refractivity contribution in [1.29, 1.82) is 5.26 Å². The van der Waals surface area contributed by atoms with Crippen molar-refractivity contribution >= 4 is 0 Å². The molecule has 1 aromatic carbocycles. The van der Waals surface area contributed by atoms with Crippen molar-refractivity contribution < 1.29 is 9.84 Å². The maximum Gasteiger partial charge on any atom is 0.125 e. The number of benzene rings is 1. The Morgan fingerprint density at radius 2 is 1.96 bits per heavy atom. The van der Waals surface area contributed by atoms with Gasteiger partial charge < -0.3 is 14.7 Å². The molecule has 128 valence electrons. The second kappa shape index (κ2) is 7.65. The van der Waals surface area contributed by atoms with E-state index in [0.29, 0.717) is 0 Å². The molecule has 4 heteroatoms. The second-order valence-electron chi connectivity index (χ2n) is 6.79. The summed E-state index contributed by atoms with van der Waals surface area (Å²) in [6.45, 7) is 4.86. The van der Waals surface area contributed by atoms with Crippen LogP contribution in [0, 0.1) is 31.1 Å². The largest absolute Gasteiger partial charge is 0.490 e. The topological polar surface area (TPSA) is 56.5 Å². The summed E-state index contributed by atoms with van der Waals surface area (Å²) in [6.07, 6.45) is 6.03. The minimum absolute atomic E-state index is 0.131. The van der Waals surface area contributed by atoms with Gasteiger partial charge in [0, 0.05) is 18.9 Å². The minimum Gasteiger partial charge on any atom is -0.490 e. The number of rotatable bonds is 6. The molecule has 1 aromatic rings. The lowest BCUT2D eigenvalue weighted by molar-refractivity contribution is 0.00174. The zero-order valence-electron chi connectivity index (χ0n) is 14.9. The summed E-state index contributed by atoms with van der Waals surface area (Å²) in [7, 11) is 3.98. The van der Waals surface area contributed by atoms with Crippen LogP contribution in [0.3, 0.4) is 0 Å². The van der Waals surface area contributed by atoms with Gasteiger partial charge in [0.05, 0.1) is 6.07 Å². The average molecular weight is 326 g/mol. The van der Waals surface area contributed by atoms with Crippen LogP contribution in [0.15, 0.2) is 42.0 Å². The van der Waals surface area contributed by atoms with E-state index in [-0.39, 0.29) is 18.9 Å². The first-order valence-electron chi connectivity index (χ1n) is 8.18. The molecule has 1 aliphatic carbocycles. The first kappa shape index (κ1) is 18.3. The average Bonchev–Trinajstić information content (AvgIpc) is 2.49. The predicted octanol–water partition coefficient (Wildman–Crippen LogP) is 3.00. The van der Waals surface area contributed by atoms with Crippen molar-refractivity contribution in [2.24, 2.45) is 5.92 Å². The van der Waals surface area contributed by atoms with E-state index in [1.807, 2.05) is 69.3 Å². The third kappa shape index (κ3) is 4.25. The van der Waals surface area contributed by atoms with Gasteiger partial charge in [-0.3, -0.25) is 0 Å². The Balaban J connectivity index is 2.23. The Morgan fingerprint density at radius 1 is 1.29 bits per heavy atom. The van der Waals surface area contributed by atoms with Gasteiger partial charge in [-0.05, 0) is 50.7 Å². The molecule has 0 aromatic heterocycles. The monoisotopic (exact) mass is 326 g/mol. The Hall–Kier alpha value is -2.09. The van der Waals surface area contributed by atoms with Gasteiger partial charge in [0.15, 0.2) is 0 Å². The molecule has 2 rings (SSSR count). The lowest BCUT2D eigenvalue weighted by Crippen LogP contribution is -2.43. The third-order valence-electron chi connectivity index (χ3n) is 4.29. The predicted molar refractivity (Wildman–Crippen MR) is 95.9 cm³/mol. The quantitative estimate of drug-likeness (QED) is 0.873. The zero-order chi connectivity index (χ0) is 17.7. The van der Waals surface area contributed by atoms with Crippen LogP contribution in [0.1, 0.15) is 17.5 Å². The summed E-state index contributed by atoms with van der Waals surface area (Å²) >= 11 is 0. The van der Waals surface area contributed by atoms with Crippen molar-refractivity contribution in [2.45, 2.75) is 25.9 Å². The van der Waals surface area contributed by atoms with E-state index in [1.165, 1.54) is 0 Å². The summed E-state index contributed by atoms with van der Waals surface area (Å²) in [4.78, 5) is 2.05. The van der Waals surface area contributed by atoms with E-state index in [1.54, 1.807) is 0 Å². The van der Waals surface area contributed by atoms with Crippen LogP contribution in [-0.2, 0) is 0 Å². The highest BCUT2D eigenvalue weighted by Crippen LogP contribution is 2.32. The van der Waals surface area contributed by atoms with Crippen LogP contribution in [0.4, 0.5) is 0 Å². The van der Waals surface area contributed by atoms with Crippen molar-refractivity contribution in [3.63, 3.8) is 0 Å². The maximum absolute atomic E-state index is 11.2. The van der Waals surface area contributed by atoms with Gasteiger partial charge in [-0.15, -0.1) is 0 Å². The fraction of sp³-hybridized carbons (Fsp3) is 0.450. The van der Waals surface area contributed by atoms with Gasteiger partial charge in [0.2, 0.25) is 0 Å². The number of hydrogen-bond acceptors (Lipinski definition) is 4. The molecule has 0 saturated heterocycles. The molecule has 0 radical (unpaired) electrons. The highest BCUT2D eigenvalue weighted by Gasteiger charge is 2.36. The Labute approximate surface area is 144 Å². The summed E-state index contributed by atoms with van der Waals surface area (Å²) in [5.41, 5.74) is 1.94. The van der Waals surface area contributed by atoms with Gasteiger partial charge in [-0.2, -0.15) is 5.26 Å². The lowest BCUT2D eigenvalue weighted by atomic mass is 9.80. The third-order valence-corrected chi connectivity index (χ3v) is 4.29. The number of hydrogen-bond donors (Lipinski definition) is 1. The first-order valence-corrected chi connectivity index (χ1v) is 8.18. The Bertz CT molecular complexity index is 665. The molecular formula is C20H26N2O2. The van der Waals surface area contributed by atoms with E-state index in [4.69, 9.17) is 10.00 Å². The van der Waals surface area contributed by atoms with Gasteiger partial charge >= 0.3 is 0 Å². The van der Waals surface area contributed by atoms with Crippen molar-refractivity contribution in [1.82, 2.24) is 4.90 Å². The fourth-order valence-electron chi connectivity index (χ4n) is 3.05. The van der Waals surface area contributed by atoms with Gasteiger partial charge in [0.1, 0.15) is 18.0 Å². The van der Waals surface area contributed by atoms with Crippen LogP contribution in [0.2, 0.25) is 0 Å². The Morgan fingerprint density at radius 3 is 2.54 bits per heavy atom. The fourth-order valence-corrected chi connectivity index (χ4v) is 3.05. The molecular weight excluding hydrogens is 300 g/mol. The molecule has 1 aliphatic rings. The van der Waals surface area contributed by atoms with Gasteiger partial charge in [-0.25, -0.2) is 0 Å². The summed E-state index contributed by atoms with van der Waals surface area (Å²) in [6, 6.07) is 8.14. The van der Waals surface area contributed by atoms with Crippen LogP contribution in [0.25, 0.3) is 0 Å². The summed E-state index contributed by atoms with van der Waals surface area (Å²) in [5.74, 6) is 0.538. The van der Waals surface area contributed by atoms with E-state index in [9.17, 15) is 5.11 Å². The van der Waals surface area contributed by atoms with Crippen molar-refractivity contribution in [3.05, 3.63) is 53.1 Å². The molecule has 0 bridgehead atoms. The SMILES string of the molecule is Cc1cccc(C)c1OCC1(O)C=C(CN(C)C)C=CC1CC#N. The molecule has 1 N–H and O–H groups in total. The van der Waals surface area contributed by atoms with Gasteiger partial charge in [0.25, 0.3) is 0 Å². The number of nitriles is 1. The van der Waals surface area contributed by atoms with Crippen molar-refractivity contribution in [2.75, 3.05) is 27.2 Å². The Kier molecular flexibility index (Phi) is 5.82. The van der Waals surface area contributed by atoms with E-state index < -0.39 is 5.60 Å². The normalized spacial score (nSPS) is 23.0. The van der Waals surface area contributed by atoms with Crippen LogP contribution >= 0.6 is 0 Å². The molecule has 0 fully saturated rings.